The lowest BCUT2D eigenvalue weighted by atomic mass is 10.1. The summed E-state index contributed by atoms with van der Waals surface area (Å²) in [7, 11) is 0. The summed E-state index contributed by atoms with van der Waals surface area (Å²) in [5.41, 5.74) is 4.74. The lowest BCUT2D eigenvalue weighted by Crippen LogP contribution is -2.34. The minimum atomic E-state index is -0.202. The van der Waals surface area contributed by atoms with Gasteiger partial charge >= 0.3 is 0 Å². The molecule has 1 amide bonds. The van der Waals surface area contributed by atoms with E-state index in [1.165, 1.54) is 5.56 Å². The zero-order valence-electron chi connectivity index (χ0n) is 12.4. The molecular formula is C17H18N2OS. The number of rotatable bonds is 2. The van der Waals surface area contributed by atoms with E-state index in [-0.39, 0.29) is 5.91 Å². The molecule has 0 saturated carbocycles. The Morgan fingerprint density at radius 3 is 2.05 bits per heavy atom. The van der Waals surface area contributed by atoms with Crippen molar-refractivity contribution in [2.45, 2.75) is 20.8 Å². The molecule has 3 nitrogen and oxygen atoms in total. The molecule has 0 aliphatic heterocycles. The number of anilines is 1. The second-order valence-corrected chi connectivity index (χ2v) is 5.56. The van der Waals surface area contributed by atoms with Gasteiger partial charge in [0.15, 0.2) is 5.11 Å². The van der Waals surface area contributed by atoms with Gasteiger partial charge in [0.05, 0.1) is 0 Å². The second-order valence-electron chi connectivity index (χ2n) is 5.15. The predicted octanol–water partition coefficient (Wildman–Crippen LogP) is 3.74. The van der Waals surface area contributed by atoms with Crippen molar-refractivity contribution >= 4 is 28.9 Å². The van der Waals surface area contributed by atoms with Gasteiger partial charge in [-0.05, 0) is 57.3 Å². The summed E-state index contributed by atoms with van der Waals surface area (Å²) in [6.07, 6.45) is 0. The van der Waals surface area contributed by atoms with Crippen molar-refractivity contribution in [3.8, 4) is 0 Å². The fourth-order valence-corrected chi connectivity index (χ4v) is 2.29. The van der Waals surface area contributed by atoms with Crippen molar-refractivity contribution in [2.24, 2.45) is 0 Å². The molecule has 108 valence electrons. The van der Waals surface area contributed by atoms with E-state index < -0.39 is 0 Å². The van der Waals surface area contributed by atoms with Crippen LogP contribution in [0.5, 0.6) is 0 Å². The molecule has 0 heterocycles. The van der Waals surface area contributed by atoms with E-state index in [1.54, 1.807) is 0 Å². The van der Waals surface area contributed by atoms with Crippen LogP contribution in [0.2, 0.25) is 0 Å². The number of carbonyl (C=O) groups is 1. The van der Waals surface area contributed by atoms with Gasteiger partial charge in [0, 0.05) is 11.3 Å². The van der Waals surface area contributed by atoms with Crippen LogP contribution in [0.3, 0.4) is 0 Å². The number of thiocarbonyl (C=S) groups is 1. The van der Waals surface area contributed by atoms with Crippen molar-refractivity contribution in [1.29, 1.82) is 0 Å². The summed E-state index contributed by atoms with van der Waals surface area (Å²) < 4.78 is 0. The van der Waals surface area contributed by atoms with E-state index in [9.17, 15) is 4.79 Å². The van der Waals surface area contributed by atoms with Crippen molar-refractivity contribution in [1.82, 2.24) is 5.32 Å². The molecule has 2 aromatic rings. The number of carbonyl (C=O) groups excluding carboxylic acids is 1. The molecule has 0 aliphatic rings. The SMILES string of the molecule is Cc1ccc(NC(=S)NC(=O)c2cc(C)cc(C)c2)cc1. The maximum Gasteiger partial charge on any atom is 0.257 e. The minimum absolute atomic E-state index is 0.202. The number of aryl methyl sites for hydroxylation is 3. The van der Waals surface area contributed by atoms with Crippen LogP contribution in [0, 0.1) is 20.8 Å². The Morgan fingerprint density at radius 2 is 1.48 bits per heavy atom. The van der Waals surface area contributed by atoms with Gasteiger partial charge in [-0.3, -0.25) is 10.1 Å². The molecule has 4 heteroatoms. The van der Waals surface area contributed by atoms with Gasteiger partial charge in [-0.2, -0.15) is 0 Å². The highest BCUT2D eigenvalue weighted by Gasteiger charge is 2.09. The van der Waals surface area contributed by atoms with Crippen molar-refractivity contribution in [2.75, 3.05) is 5.32 Å². The van der Waals surface area contributed by atoms with Gasteiger partial charge in [0.1, 0.15) is 0 Å². The molecule has 21 heavy (non-hydrogen) atoms. The molecule has 0 spiro atoms. The highest BCUT2D eigenvalue weighted by atomic mass is 32.1. The highest BCUT2D eigenvalue weighted by Crippen LogP contribution is 2.10. The minimum Gasteiger partial charge on any atom is -0.332 e. The van der Waals surface area contributed by atoms with Crippen molar-refractivity contribution < 1.29 is 4.79 Å². The lowest BCUT2D eigenvalue weighted by molar-refractivity contribution is 0.0977. The average Bonchev–Trinajstić information content (AvgIpc) is 2.40. The van der Waals surface area contributed by atoms with Crippen LogP contribution in [-0.2, 0) is 0 Å². The molecule has 0 fully saturated rings. The van der Waals surface area contributed by atoms with Crippen LogP contribution in [0.15, 0.2) is 42.5 Å². The van der Waals surface area contributed by atoms with Gasteiger partial charge in [-0.25, -0.2) is 0 Å². The molecule has 2 N–H and O–H groups in total. The second kappa shape index (κ2) is 6.50. The fourth-order valence-electron chi connectivity index (χ4n) is 2.08. The third-order valence-electron chi connectivity index (χ3n) is 3.02. The van der Waals surface area contributed by atoms with E-state index in [2.05, 4.69) is 10.6 Å². The summed E-state index contributed by atoms with van der Waals surface area (Å²) >= 11 is 5.17. The van der Waals surface area contributed by atoms with E-state index in [0.29, 0.717) is 10.7 Å². The van der Waals surface area contributed by atoms with Crippen LogP contribution < -0.4 is 10.6 Å². The van der Waals surface area contributed by atoms with Gasteiger partial charge in [-0.15, -0.1) is 0 Å². The number of hydrogen-bond acceptors (Lipinski definition) is 2. The summed E-state index contributed by atoms with van der Waals surface area (Å²) in [4.78, 5) is 12.2. The zero-order valence-corrected chi connectivity index (χ0v) is 13.2. The third-order valence-corrected chi connectivity index (χ3v) is 3.22. The molecule has 2 rings (SSSR count). The van der Waals surface area contributed by atoms with E-state index in [1.807, 2.05) is 63.2 Å². The van der Waals surface area contributed by atoms with Crippen LogP contribution in [0.4, 0.5) is 5.69 Å². The van der Waals surface area contributed by atoms with Gasteiger partial charge in [0.25, 0.3) is 5.91 Å². The van der Waals surface area contributed by atoms with Crippen molar-refractivity contribution in [3.63, 3.8) is 0 Å². The summed E-state index contributed by atoms with van der Waals surface area (Å²) in [6, 6.07) is 13.5. The quantitative estimate of drug-likeness (QED) is 0.830. The van der Waals surface area contributed by atoms with Crippen LogP contribution >= 0.6 is 12.2 Å². The van der Waals surface area contributed by atoms with Crippen LogP contribution in [0.1, 0.15) is 27.0 Å². The van der Waals surface area contributed by atoms with Gasteiger partial charge in [-0.1, -0.05) is 34.9 Å². The number of hydrogen-bond donors (Lipinski definition) is 2. The first kappa shape index (κ1) is 15.2. The maximum atomic E-state index is 12.2. The molecule has 0 aliphatic carbocycles. The maximum absolute atomic E-state index is 12.2. The number of amides is 1. The largest absolute Gasteiger partial charge is 0.332 e. The first-order chi connectivity index (χ1) is 9.94. The zero-order chi connectivity index (χ0) is 15.4. The Balaban J connectivity index is 2.01. The first-order valence-corrected chi connectivity index (χ1v) is 7.12. The molecule has 0 unspecified atom stereocenters. The number of benzene rings is 2. The third kappa shape index (κ3) is 4.39. The van der Waals surface area contributed by atoms with Gasteiger partial charge < -0.3 is 5.32 Å². The molecule has 0 atom stereocenters. The molecule has 0 saturated heterocycles. The summed E-state index contributed by atoms with van der Waals surface area (Å²) in [5.74, 6) is -0.202. The topological polar surface area (TPSA) is 41.1 Å². The summed E-state index contributed by atoms with van der Waals surface area (Å²) in [5, 5.41) is 5.99. The Morgan fingerprint density at radius 1 is 0.905 bits per heavy atom. The highest BCUT2D eigenvalue weighted by molar-refractivity contribution is 7.80. The fraction of sp³-hybridized carbons (Fsp3) is 0.176. The number of nitrogens with one attached hydrogen (secondary N) is 2. The standard InChI is InChI=1S/C17H18N2OS/c1-11-4-6-15(7-5-11)18-17(21)19-16(20)14-9-12(2)8-13(3)10-14/h4-10H,1-3H3,(H2,18,19,20,21). The van der Waals surface area contributed by atoms with Gasteiger partial charge in [0.2, 0.25) is 0 Å². The van der Waals surface area contributed by atoms with Crippen LogP contribution in [0.25, 0.3) is 0 Å². The Kier molecular flexibility index (Phi) is 4.70. The molecule has 2 aromatic carbocycles. The van der Waals surface area contributed by atoms with E-state index in [0.717, 1.165) is 16.8 Å². The normalized spacial score (nSPS) is 10.0. The van der Waals surface area contributed by atoms with E-state index in [4.69, 9.17) is 12.2 Å². The molecule has 0 aromatic heterocycles. The monoisotopic (exact) mass is 298 g/mol. The Labute approximate surface area is 130 Å². The Hall–Kier alpha value is -2.20. The molecule has 0 bridgehead atoms. The van der Waals surface area contributed by atoms with Crippen molar-refractivity contribution in [3.05, 3.63) is 64.7 Å². The molecule has 0 radical (unpaired) electrons. The lowest BCUT2D eigenvalue weighted by Gasteiger charge is -2.10. The average molecular weight is 298 g/mol. The first-order valence-electron chi connectivity index (χ1n) is 6.71. The smallest absolute Gasteiger partial charge is 0.257 e. The Bertz CT molecular complexity index is 657. The van der Waals surface area contributed by atoms with E-state index >= 15 is 0 Å². The summed E-state index contributed by atoms with van der Waals surface area (Å²) in [6.45, 7) is 5.95. The molecular weight excluding hydrogens is 280 g/mol. The van der Waals surface area contributed by atoms with Crippen LogP contribution in [-0.4, -0.2) is 11.0 Å². The predicted molar refractivity (Wildman–Crippen MR) is 90.8 cm³/mol.